The zero-order chi connectivity index (χ0) is 15.4. The van der Waals surface area contributed by atoms with Crippen LogP contribution in [0.5, 0.6) is 0 Å². The molecule has 1 aliphatic heterocycles. The monoisotopic (exact) mass is 316 g/mol. The zero-order valence-corrected chi connectivity index (χ0v) is 11.8. The Morgan fingerprint density at radius 3 is 2.95 bits per heavy atom. The molecule has 6 nitrogen and oxygen atoms in total. The van der Waals surface area contributed by atoms with Gasteiger partial charge in [0, 0.05) is 18.1 Å². The maximum Gasteiger partial charge on any atom is 0.334 e. The number of carboxylic acid groups (broad SMARTS) is 1. The highest BCUT2D eigenvalue weighted by molar-refractivity contribution is 6.30. The average molecular weight is 317 g/mol. The zero-order valence-electron chi connectivity index (χ0n) is 11.0. The minimum absolute atomic E-state index is 0.0325. The molecule has 0 aromatic heterocycles. The lowest BCUT2D eigenvalue weighted by atomic mass is 10.2. The molecule has 1 fully saturated rings. The molecule has 1 aliphatic rings. The summed E-state index contributed by atoms with van der Waals surface area (Å²) in [5.41, 5.74) is 0.0347. The Bertz CT molecular complexity index is 555. The summed E-state index contributed by atoms with van der Waals surface area (Å²) in [6.45, 7) is 0.765. The number of anilines is 1. The second kappa shape index (κ2) is 6.84. The van der Waals surface area contributed by atoms with Gasteiger partial charge in [-0.2, -0.15) is 0 Å². The van der Waals surface area contributed by atoms with Gasteiger partial charge in [0.1, 0.15) is 5.82 Å². The maximum absolute atomic E-state index is 13.5. The molecule has 21 heavy (non-hydrogen) atoms. The van der Waals surface area contributed by atoms with E-state index in [1.165, 1.54) is 12.1 Å². The number of carbonyl (C=O) groups excluding carboxylic acids is 1. The third kappa shape index (κ3) is 4.38. The second-order valence-electron chi connectivity index (χ2n) is 4.61. The Hall–Kier alpha value is -1.70. The van der Waals surface area contributed by atoms with Gasteiger partial charge in [-0.05, 0) is 18.2 Å². The molecule has 1 atom stereocenters. The van der Waals surface area contributed by atoms with Crippen molar-refractivity contribution in [2.24, 2.45) is 0 Å². The van der Waals surface area contributed by atoms with Gasteiger partial charge < -0.3 is 15.2 Å². The molecule has 114 valence electrons. The van der Waals surface area contributed by atoms with Gasteiger partial charge in [-0.3, -0.25) is 9.69 Å². The minimum atomic E-state index is -1.07. The van der Waals surface area contributed by atoms with E-state index in [4.69, 9.17) is 21.4 Å². The van der Waals surface area contributed by atoms with Crippen LogP contribution in [-0.2, 0) is 14.3 Å². The highest BCUT2D eigenvalue weighted by Gasteiger charge is 2.27. The lowest BCUT2D eigenvalue weighted by Gasteiger charge is -2.30. The summed E-state index contributed by atoms with van der Waals surface area (Å²) in [7, 11) is 0. The lowest BCUT2D eigenvalue weighted by molar-refractivity contribution is -0.156. The quantitative estimate of drug-likeness (QED) is 0.872. The number of aliphatic carboxylic acids is 1. The molecule has 1 heterocycles. The summed E-state index contributed by atoms with van der Waals surface area (Å²) in [5, 5.41) is 11.5. The van der Waals surface area contributed by atoms with Crippen molar-refractivity contribution < 1.29 is 23.8 Å². The molecule has 8 heteroatoms. The maximum atomic E-state index is 13.5. The summed E-state index contributed by atoms with van der Waals surface area (Å²) in [5.74, 6) is -2.12. The number of hydrogen-bond acceptors (Lipinski definition) is 4. The number of benzene rings is 1. The first kappa shape index (κ1) is 15.7. The SMILES string of the molecule is O=C(CN1CCOC(C(=O)O)C1)Nc1ccc(Cl)cc1F. The van der Waals surface area contributed by atoms with Crippen LogP contribution in [0.2, 0.25) is 5.02 Å². The lowest BCUT2D eigenvalue weighted by Crippen LogP contribution is -2.48. The number of nitrogens with zero attached hydrogens (tertiary/aromatic N) is 1. The van der Waals surface area contributed by atoms with Crippen LogP contribution in [0.4, 0.5) is 10.1 Å². The first-order valence-electron chi connectivity index (χ1n) is 6.27. The standard InChI is InChI=1S/C13H14ClFN2O4/c14-8-1-2-10(9(15)5-8)16-12(18)7-17-3-4-21-11(6-17)13(19)20/h1-2,5,11H,3-4,6-7H2,(H,16,18)(H,19,20). The molecule has 1 amide bonds. The van der Waals surface area contributed by atoms with Crippen molar-refractivity contribution in [1.82, 2.24) is 4.90 Å². The van der Waals surface area contributed by atoms with Crippen LogP contribution in [0.1, 0.15) is 0 Å². The normalized spacial score (nSPS) is 19.2. The highest BCUT2D eigenvalue weighted by atomic mass is 35.5. The van der Waals surface area contributed by atoms with Crippen LogP contribution >= 0.6 is 11.6 Å². The Labute approximate surface area is 125 Å². The van der Waals surface area contributed by atoms with E-state index in [1.54, 1.807) is 4.90 Å². The van der Waals surface area contributed by atoms with Gasteiger partial charge >= 0.3 is 5.97 Å². The topological polar surface area (TPSA) is 78.9 Å². The van der Waals surface area contributed by atoms with Gasteiger partial charge in [0.15, 0.2) is 6.10 Å². The summed E-state index contributed by atoms with van der Waals surface area (Å²) in [4.78, 5) is 24.3. The van der Waals surface area contributed by atoms with Crippen LogP contribution in [0, 0.1) is 5.82 Å². The molecule has 0 bridgehead atoms. The van der Waals surface area contributed by atoms with Crippen LogP contribution in [0.3, 0.4) is 0 Å². The summed E-state index contributed by atoms with van der Waals surface area (Å²) >= 11 is 5.62. The molecular formula is C13H14ClFN2O4. The van der Waals surface area contributed by atoms with E-state index in [0.29, 0.717) is 6.54 Å². The molecule has 0 radical (unpaired) electrons. The number of amides is 1. The first-order chi connectivity index (χ1) is 9.95. The molecule has 1 saturated heterocycles. The Kier molecular flexibility index (Phi) is 5.11. The fraction of sp³-hybridized carbons (Fsp3) is 0.385. The fourth-order valence-corrected chi connectivity index (χ4v) is 2.14. The predicted molar refractivity (Wildman–Crippen MR) is 73.9 cm³/mol. The van der Waals surface area contributed by atoms with Crippen LogP contribution in [0.25, 0.3) is 0 Å². The summed E-state index contributed by atoms with van der Waals surface area (Å²) in [6.07, 6.45) is -0.946. The van der Waals surface area contributed by atoms with E-state index >= 15 is 0 Å². The molecule has 1 unspecified atom stereocenters. The molecule has 0 aliphatic carbocycles. The van der Waals surface area contributed by atoms with E-state index in [1.807, 2.05) is 0 Å². The number of morpholine rings is 1. The number of nitrogens with one attached hydrogen (secondary N) is 1. The van der Waals surface area contributed by atoms with E-state index in [-0.39, 0.29) is 30.4 Å². The highest BCUT2D eigenvalue weighted by Crippen LogP contribution is 2.18. The van der Waals surface area contributed by atoms with Gasteiger partial charge in [-0.1, -0.05) is 11.6 Å². The van der Waals surface area contributed by atoms with Gasteiger partial charge in [-0.25, -0.2) is 9.18 Å². The number of carboxylic acids is 1. The Morgan fingerprint density at radius 1 is 1.52 bits per heavy atom. The van der Waals surface area contributed by atoms with E-state index < -0.39 is 23.8 Å². The van der Waals surface area contributed by atoms with Crippen molar-refractivity contribution in [3.05, 3.63) is 29.0 Å². The fourth-order valence-electron chi connectivity index (χ4n) is 1.98. The van der Waals surface area contributed by atoms with Gasteiger partial charge in [0.2, 0.25) is 5.91 Å². The average Bonchev–Trinajstić information content (AvgIpc) is 2.42. The number of hydrogen-bond donors (Lipinski definition) is 2. The van der Waals surface area contributed by atoms with Crippen molar-refractivity contribution in [1.29, 1.82) is 0 Å². The van der Waals surface area contributed by atoms with Crippen molar-refractivity contribution in [2.75, 3.05) is 31.6 Å². The van der Waals surface area contributed by atoms with Gasteiger partial charge in [-0.15, -0.1) is 0 Å². The molecule has 0 spiro atoms. The van der Waals surface area contributed by atoms with Crippen LogP contribution in [-0.4, -0.2) is 54.2 Å². The van der Waals surface area contributed by atoms with Crippen molar-refractivity contribution in [3.63, 3.8) is 0 Å². The molecule has 1 aromatic carbocycles. The van der Waals surface area contributed by atoms with E-state index in [0.717, 1.165) is 6.07 Å². The number of carbonyl (C=O) groups is 2. The van der Waals surface area contributed by atoms with Crippen molar-refractivity contribution >= 4 is 29.2 Å². The third-order valence-corrected chi connectivity index (χ3v) is 3.23. The van der Waals surface area contributed by atoms with Gasteiger partial charge in [0.25, 0.3) is 0 Å². The molecule has 0 saturated carbocycles. The molecule has 2 rings (SSSR count). The first-order valence-corrected chi connectivity index (χ1v) is 6.65. The number of rotatable bonds is 4. The van der Waals surface area contributed by atoms with Crippen molar-refractivity contribution in [3.8, 4) is 0 Å². The Morgan fingerprint density at radius 2 is 2.29 bits per heavy atom. The summed E-state index contributed by atoms with van der Waals surface area (Å²) < 4.78 is 18.6. The largest absolute Gasteiger partial charge is 0.479 e. The van der Waals surface area contributed by atoms with Crippen molar-refractivity contribution in [2.45, 2.75) is 6.10 Å². The number of halogens is 2. The smallest absolute Gasteiger partial charge is 0.334 e. The van der Waals surface area contributed by atoms with Gasteiger partial charge in [0.05, 0.1) is 18.8 Å². The van der Waals surface area contributed by atoms with E-state index in [9.17, 15) is 14.0 Å². The predicted octanol–water partition coefficient (Wildman–Crippen LogP) is 1.20. The minimum Gasteiger partial charge on any atom is -0.479 e. The molecular weight excluding hydrogens is 303 g/mol. The third-order valence-electron chi connectivity index (χ3n) is 3.00. The summed E-state index contributed by atoms with van der Waals surface area (Å²) in [6, 6.07) is 3.94. The number of ether oxygens (including phenoxy) is 1. The van der Waals surface area contributed by atoms with Crippen LogP contribution in [0.15, 0.2) is 18.2 Å². The Balaban J connectivity index is 1.91. The second-order valence-corrected chi connectivity index (χ2v) is 5.04. The van der Waals surface area contributed by atoms with E-state index in [2.05, 4.69) is 5.32 Å². The molecule has 2 N–H and O–H groups in total. The van der Waals surface area contributed by atoms with Crippen LogP contribution < -0.4 is 5.32 Å². The molecule has 1 aromatic rings.